The average molecular weight is 206 g/mol. The van der Waals surface area contributed by atoms with Crippen LogP contribution in [0.25, 0.3) is 0 Å². The summed E-state index contributed by atoms with van der Waals surface area (Å²) in [5.41, 5.74) is 0. The Balaban J connectivity index is 4.31. The molecule has 5 heteroatoms. The molecule has 0 saturated heterocycles. The molecule has 0 spiro atoms. The first kappa shape index (κ1) is 12.4. The van der Waals surface area contributed by atoms with Crippen molar-refractivity contribution in [1.29, 1.82) is 0 Å². The highest BCUT2D eigenvalue weighted by Crippen LogP contribution is 2.50. The predicted molar refractivity (Wildman–Crippen MR) is 51.3 cm³/mol. The Bertz CT molecular complexity index is 214. The van der Waals surface area contributed by atoms with Gasteiger partial charge in [0.1, 0.15) is 5.76 Å². The van der Waals surface area contributed by atoms with E-state index in [0.717, 1.165) is 0 Å². The Morgan fingerprint density at radius 2 is 1.85 bits per heavy atom. The summed E-state index contributed by atoms with van der Waals surface area (Å²) in [5.74, 6) is 0.172. The van der Waals surface area contributed by atoms with Crippen LogP contribution in [0.5, 0.6) is 0 Å². The highest BCUT2D eigenvalue weighted by molar-refractivity contribution is 7.48. The summed E-state index contributed by atoms with van der Waals surface area (Å²) < 4.78 is 26.2. The van der Waals surface area contributed by atoms with Gasteiger partial charge in [0.05, 0.1) is 13.2 Å². The van der Waals surface area contributed by atoms with E-state index in [0.29, 0.717) is 0 Å². The number of phosphoric acid groups is 1. The van der Waals surface area contributed by atoms with Gasteiger partial charge < -0.3 is 4.52 Å². The van der Waals surface area contributed by atoms with Crippen LogP contribution in [0.15, 0.2) is 25.0 Å². The van der Waals surface area contributed by atoms with Crippen LogP contribution in [0.1, 0.15) is 13.8 Å². The van der Waals surface area contributed by atoms with Crippen LogP contribution >= 0.6 is 7.82 Å². The van der Waals surface area contributed by atoms with Crippen molar-refractivity contribution in [3.05, 3.63) is 25.0 Å². The molecule has 0 N–H and O–H groups in total. The van der Waals surface area contributed by atoms with E-state index in [1.807, 2.05) is 0 Å². The minimum absolute atomic E-state index is 0.172. The van der Waals surface area contributed by atoms with Gasteiger partial charge in [-0.2, -0.15) is 0 Å². The normalized spacial score (nSPS) is 10.9. The molecular formula is C8H15O4P. The van der Waals surface area contributed by atoms with Crippen LogP contribution in [0.3, 0.4) is 0 Å². The molecule has 0 unspecified atom stereocenters. The molecule has 4 nitrogen and oxygen atoms in total. The first-order valence-electron chi connectivity index (χ1n) is 3.98. The third-order valence-electron chi connectivity index (χ3n) is 1.03. The SMILES string of the molecule is C=CC(=C)OP(=O)(OCC)OCC. The minimum Gasteiger partial charge on any atom is -0.405 e. The number of allylic oxidation sites excluding steroid dienone is 1. The average Bonchev–Trinajstić information content (AvgIpc) is 2.04. The van der Waals surface area contributed by atoms with E-state index >= 15 is 0 Å². The van der Waals surface area contributed by atoms with E-state index in [1.54, 1.807) is 13.8 Å². The molecule has 0 rings (SSSR count). The summed E-state index contributed by atoms with van der Waals surface area (Å²) in [6, 6.07) is 0. The molecule has 0 bridgehead atoms. The second-order valence-corrected chi connectivity index (χ2v) is 3.64. The van der Waals surface area contributed by atoms with E-state index in [9.17, 15) is 4.57 Å². The fourth-order valence-electron chi connectivity index (χ4n) is 0.587. The molecule has 0 aromatic carbocycles. The first-order valence-corrected chi connectivity index (χ1v) is 5.44. The lowest BCUT2D eigenvalue weighted by atomic mass is 10.6. The third-order valence-corrected chi connectivity index (χ3v) is 2.64. The lowest BCUT2D eigenvalue weighted by Crippen LogP contribution is -1.98. The second-order valence-electron chi connectivity index (χ2n) is 2.04. The monoisotopic (exact) mass is 206 g/mol. The van der Waals surface area contributed by atoms with Gasteiger partial charge in [0.2, 0.25) is 0 Å². The highest BCUT2D eigenvalue weighted by atomic mass is 31.2. The van der Waals surface area contributed by atoms with Crippen molar-refractivity contribution in [1.82, 2.24) is 0 Å². The Kier molecular flexibility index (Phi) is 5.71. The standard InChI is InChI=1S/C8H15O4P/c1-5-8(4)12-13(9,10-6-2)11-7-3/h5H,1,4,6-7H2,2-3H3. The number of hydrogen-bond acceptors (Lipinski definition) is 4. The maximum Gasteiger partial charge on any atom is 0.530 e. The van der Waals surface area contributed by atoms with Crippen molar-refractivity contribution in [2.75, 3.05) is 13.2 Å². The molecule has 0 aromatic rings. The quantitative estimate of drug-likeness (QED) is 0.365. The van der Waals surface area contributed by atoms with Crippen LogP contribution in [-0.2, 0) is 18.1 Å². The Morgan fingerprint density at radius 3 is 2.15 bits per heavy atom. The number of phosphoric ester groups is 1. The van der Waals surface area contributed by atoms with E-state index < -0.39 is 7.82 Å². The van der Waals surface area contributed by atoms with Gasteiger partial charge in [-0.3, -0.25) is 9.05 Å². The predicted octanol–water partition coefficient (Wildman–Crippen LogP) is 2.88. The summed E-state index contributed by atoms with van der Waals surface area (Å²) in [5, 5.41) is 0. The molecule has 0 radical (unpaired) electrons. The van der Waals surface area contributed by atoms with Crippen LogP contribution in [0, 0.1) is 0 Å². The third kappa shape index (κ3) is 4.88. The Labute approximate surface area is 78.8 Å². The molecule has 13 heavy (non-hydrogen) atoms. The molecule has 76 valence electrons. The second kappa shape index (κ2) is 5.97. The van der Waals surface area contributed by atoms with Gasteiger partial charge in [0.15, 0.2) is 0 Å². The summed E-state index contributed by atoms with van der Waals surface area (Å²) in [6.07, 6.45) is 1.34. The summed E-state index contributed by atoms with van der Waals surface area (Å²) >= 11 is 0. The lowest BCUT2D eigenvalue weighted by Gasteiger charge is -2.16. The topological polar surface area (TPSA) is 44.8 Å². The molecule has 0 fully saturated rings. The zero-order chi connectivity index (χ0) is 10.3. The van der Waals surface area contributed by atoms with Crippen molar-refractivity contribution in [3.8, 4) is 0 Å². The Morgan fingerprint density at radius 1 is 1.38 bits per heavy atom. The van der Waals surface area contributed by atoms with E-state index in [1.165, 1.54) is 6.08 Å². The van der Waals surface area contributed by atoms with Gasteiger partial charge in [-0.1, -0.05) is 13.2 Å². The van der Waals surface area contributed by atoms with Crippen LogP contribution < -0.4 is 0 Å². The van der Waals surface area contributed by atoms with Crippen molar-refractivity contribution in [2.45, 2.75) is 13.8 Å². The molecule has 0 aliphatic carbocycles. The van der Waals surface area contributed by atoms with Gasteiger partial charge in [-0.05, 0) is 19.9 Å². The zero-order valence-corrected chi connectivity index (χ0v) is 8.88. The molecule has 0 aromatic heterocycles. The molecule has 0 heterocycles. The molecular weight excluding hydrogens is 191 g/mol. The summed E-state index contributed by atoms with van der Waals surface area (Å²) in [4.78, 5) is 0. The first-order chi connectivity index (χ1) is 6.08. The van der Waals surface area contributed by atoms with Crippen molar-refractivity contribution in [3.63, 3.8) is 0 Å². The van der Waals surface area contributed by atoms with Crippen LogP contribution in [0.4, 0.5) is 0 Å². The van der Waals surface area contributed by atoms with Crippen molar-refractivity contribution in [2.24, 2.45) is 0 Å². The smallest absolute Gasteiger partial charge is 0.405 e. The number of hydrogen-bond donors (Lipinski definition) is 0. The number of rotatable bonds is 7. The van der Waals surface area contributed by atoms with Crippen molar-refractivity contribution >= 4 is 7.82 Å². The fraction of sp³-hybridized carbons (Fsp3) is 0.500. The van der Waals surface area contributed by atoms with Crippen molar-refractivity contribution < 1.29 is 18.1 Å². The van der Waals surface area contributed by atoms with E-state index in [4.69, 9.17) is 13.6 Å². The zero-order valence-electron chi connectivity index (χ0n) is 7.99. The molecule has 0 atom stereocenters. The van der Waals surface area contributed by atoms with Gasteiger partial charge >= 0.3 is 7.82 Å². The van der Waals surface area contributed by atoms with Gasteiger partial charge in [-0.25, -0.2) is 4.57 Å². The van der Waals surface area contributed by atoms with Gasteiger partial charge in [-0.15, -0.1) is 0 Å². The summed E-state index contributed by atoms with van der Waals surface area (Å²) in [7, 11) is -3.46. The maximum atomic E-state index is 11.6. The fourth-order valence-corrected chi connectivity index (χ4v) is 1.76. The lowest BCUT2D eigenvalue weighted by molar-refractivity contribution is 0.148. The molecule has 0 aliphatic rings. The molecule has 0 amide bonds. The Hall–Kier alpha value is -0.570. The van der Waals surface area contributed by atoms with Crippen LogP contribution in [-0.4, -0.2) is 13.2 Å². The maximum absolute atomic E-state index is 11.6. The molecule has 0 aliphatic heterocycles. The summed E-state index contributed by atoms with van der Waals surface area (Å²) in [6.45, 7) is 10.8. The van der Waals surface area contributed by atoms with E-state index in [-0.39, 0.29) is 19.0 Å². The minimum atomic E-state index is -3.46. The van der Waals surface area contributed by atoms with Gasteiger partial charge in [0, 0.05) is 0 Å². The van der Waals surface area contributed by atoms with Gasteiger partial charge in [0.25, 0.3) is 0 Å². The largest absolute Gasteiger partial charge is 0.530 e. The van der Waals surface area contributed by atoms with E-state index in [2.05, 4.69) is 13.2 Å². The highest BCUT2D eigenvalue weighted by Gasteiger charge is 2.26. The van der Waals surface area contributed by atoms with Crippen LogP contribution in [0.2, 0.25) is 0 Å². The molecule has 0 saturated carbocycles.